The molecule has 472 valence electrons. The number of halogens is 1. The number of rotatable bonds is 12. The zero-order valence-electron chi connectivity index (χ0n) is 52.1. The molecular weight excluding hydrogens is 1080 g/mol. The molecule has 6 fully saturated rings. The molecule has 6 N–H and O–H groups in total. The normalized spacial score (nSPS) is 49.9. The largest absolute Gasteiger partial charge is 0.509 e. The van der Waals surface area contributed by atoms with Crippen molar-refractivity contribution in [2.24, 2.45) is 46.3 Å². The number of allylic oxidation sites excluding steroid dienone is 4. The summed E-state index contributed by atoms with van der Waals surface area (Å²) in [5.74, 6) is -5.55. The van der Waals surface area contributed by atoms with Gasteiger partial charge in [0, 0.05) is 74.3 Å². The number of carbonyl (C=O) groups is 4. The first-order valence-electron chi connectivity index (χ1n) is 30.6. The van der Waals surface area contributed by atoms with E-state index in [-0.39, 0.29) is 68.9 Å². The Kier molecular flexibility index (Phi) is 19.1. The van der Waals surface area contributed by atoms with E-state index in [0.717, 1.165) is 0 Å². The van der Waals surface area contributed by atoms with Gasteiger partial charge < -0.3 is 73.6 Å². The summed E-state index contributed by atoms with van der Waals surface area (Å²) in [5, 5.41) is 64.0. The molecule has 8 rings (SSSR count). The van der Waals surface area contributed by atoms with Crippen molar-refractivity contribution in [3.05, 3.63) is 23.8 Å². The number of nitrogens with zero attached hydrogens (tertiary/aromatic N) is 2. The van der Waals surface area contributed by atoms with Crippen LogP contribution in [0.3, 0.4) is 0 Å². The maximum absolute atomic E-state index is 18.0. The second kappa shape index (κ2) is 24.1. The standard InChI is InChI=1S/C62H100FN3O17/c1-17-45-60(13)51(82-55(73)83-60)37(7)66(24-18-23-64-54(72)62(75)33(3)25-42-41-20-19-39-27-40(67)21-22-56(39,9)61(41,63)44(68)29-57(42,62)10)31-32(2)28-58(11,74)50(81-53-47(69)43(65(14)15)26-34(4)77-53)35(5)48(36(6)52(71)79-45)80-46-30-59(12,76-16)49(70)38(8)78-46/h19,21-22,32-38,41-51,53,68-70,74-75H,17-18,20,23-31H2,1-16H3,(H,64,72)/t32-,33-,34-,35+,36-,37-,38+,41?,42?,43+,44+,45-,46+,47-,48+,49+,50-,51-,53+,56+,57+,58-,59-,60-,61+,62+/m1/s1. The van der Waals surface area contributed by atoms with Crippen LogP contribution >= 0.6 is 0 Å². The van der Waals surface area contributed by atoms with Crippen molar-refractivity contribution in [2.45, 2.75) is 255 Å². The molecule has 0 aromatic rings. The average molecular weight is 1180 g/mol. The number of methoxy groups -OCH3 is 1. The summed E-state index contributed by atoms with van der Waals surface area (Å²) in [5.41, 5.74) is -10.2. The molecule has 20 nitrogen and oxygen atoms in total. The minimum Gasteiger partial charge on any atom is -0.458 e. The average Bonchev–Trinajstić information content (AvgIpc) is 2.04. The summed E-state index contributed by atoms with van der Waals surface area (Å²) in [6.07, 6.45) is -5.66. The van der Waals surface area contributed by atoms with Crippen molar-refractivity contribution in [1.29, 1.82) is 0 Å². The molecule has 4 heterocycles. The number of ether oxygens (including phenoxy) is 8. The zero-order chi connectivity index (χ0) is 61.5. The Morgan fingerprint density at radius 1 is 0.916 bits per heavy atom. The number of aliphatic hydroxyl groups is 5. The molecule has 8 aliphatic rings. The molecule has 26 atom stereocenters. The van der Waals surface area contributed by atoms with E-state index >= 15 is 4.39 Å². The Morgan fingerprint density at radius 3 is 2.25 bits per heavy atom. The lowest BCUT2D eigenvalue weighted by Gasteiger charge is -2.61. The molecule has 1 amide bonds. The summed E-state index contributed by atoms with van der Waals surface area (Å²) in [4.78, 5) is 59.6. The van der Waals surface area contributed by atoms with E-state index in [1.807, 2.05) is 52.8 Å². The summed E-state index contributed by atoms with van der Waals surface area (Å²) in [6.45, 7) is 23.8. The first-order chi connectivity index (χ1) is 38.6. The molecule has 0 radical (unpaired) electrons. The lowest BCUT2D eigenvalue weighted by molar-refractivity contribution is -0.318. The second-order valence-electron chi connectivity index (χ2n) is 27.9. The van der Waals surface area contributed by atoms with Crippen LogP contribution in [-0.4, -0.2) is 208 Å². The molecule has 2 unspecified atom stereocenters. The molecule has 0 aromatic carbocycles. The SMILES string of the molecule is CC[C@H]1OC(=O)[C@H](C)[C@@H](O[C@H]2C[C@@](C)(OC)[C@@H](O)[C@H](C)O2)[C@H](C)[C@@H](O[C@@H]2O[C@H](C)C[C@H](N(C)C)[C@H]2O)[C@](C)(O)C[C@@H](C)CN(CCCNC(=O)[C@@]2(O)[C@H](C)CC3C4CC=C5CC(=O)C=C[C@]5(C)[C@@]4(F)[C@@H](O)C[C@@]32C)[C@H](C)[C@H]2OC(=O)O[C@@]21C. The monoisotopic (exact) mass is 1180 g/mol. The Hall–Kier alpha value is -3.19. The highest BCUT2D eigenvalue weighted by Gasteiger charge is 2.75. The predicted octanol–water partition coefficient (Wildman–Crippen LogP) is 5.31. The van der Waals surface area contributed by atoms with Gasteiger partial charge in [-0.05, 0) is 138 Å². The number of esters is 1. The molecule has 83 heavy (non-hydrogen) atoms. The quantitative estimate of drug-likeness (QED) is 0.0822. The maximum atomic E-state index is 18.0. The van der Waals surface area contributed by atoms with Crippen molar-refractivity contribution in [3.8, 4) is 0 Å². The Morgan fingerprint density at radius 2 is 1.60 bits per heavy atom. The molecule has 0 spiro atoms. The van der Waals surface area contributed by atoms with Crippen molar-refractivity contribution < 1.29 is 87.0 Å². The van der Waals surface area contributed by atoms with Crippen LogP contribution < -0.4 is 5.32 Å². The van der Waals surface area contributed by atoms with Crippen LogP contribution in [0, 0.1) is 46.3 Å². The fraction of sp³-hybridized carbons (Fsp3) is 0.871. The molecule has 0 aromatic heterocycles. The highest BCUT2D eigenvalue weighted by atomic mass is 19.1. The number of hydrogen-bond acceptors (Lipinski definition) is 19. The number of alkyl halides is 1. The van der Waals surface area contributed by atoms with Crippen LogP contribution in [0.1, 0.15) is 148 Å². The van der Waals surface area contributed by atoms with E-state index in [4.69, 9.17) is 37.9 Å². The van der Waals surface area contributed by atoms with Gasteiger partial charge in [-0.2, -0.15) is 0 Å². The van der Waals surface area contributed by atoms with E-state index in [1.165, 1.54) is 13.2 Å². The Balaban J connectivity index is 1.08. The van der Waals surface area contributed by atoms with Gasteiger partial charge in [-0.1, -0.05) is 52.3 Å². The zero-order valence-corrected chi connectivity index (χ0v) is 52.1. The van der Waals surface area contributed by atoms with Gasteiger partial charge in [0.1, 0.15) is 18.3 Å². The molecule has 2 saturated carbocycles. The Bertz CT molecular complexity index is 2450. The molecule has 4 saturated heterocycles. The van der Waals surface area contributed by atoms with Gasteiger partial charge >= 0.3 is 12.1 Å². The van der Waals surface area contributed by atoms with Crippen molar-refractivity contribution >= 4 is 23.8 Å². The van der Waals surface area contributed by atoms with Crippen molar-refractivity contribution in [3.63, 3.8) is 0 Å². The van der Waals surface area contributed by atoms with Gasteiger partial charge in [0.2, 0.25) is 0 Å². The van der Waals surface area contributed by atoms with Gasteiger partial charge in [0.05, 0.1) is 47.6 Å². The van der Waals surface area contributed by atoms with Crippen LogP contribution in [0.5, 0.6) is 0 Å². The predicted molar refractivity (Wildman–Crippen MR) is 302 cm³/mol. The van der Waals surface area contributed by atoms with Crippen LogP contribution in [0.2, 0.25) is 0 Å². The van der Waals surface area contributed by atoms with Gasteiger partial charge in [-0.3, -0.25) is 19.3 Å². The fourth-order valence-corrected chi connectivity index (χ4v) is 17.1. The first-order valence-corrected chi connectivity index (χ1v) is 30.6. The number of carbonyl (C=O) groups excluding carboxylic acids is 4. The minimum absolute atomic E-state index is 0.0702. The van der Waals surface area contributed by atoms with E-state index < -0.39 is 154 Å². The van der Waals surface area contributed by atoms with Gasteiger partial charge in [0.25, 0.3) is 5.91 Å². The van der Waals surface area contributed by atoms with Gasteiger partial charge in [-0.15, -0.1) is 0 Å². The molecule has 4 aliphatic carbocycles. The maximum Gasteiger partial charge on any atom is 0.509 e. The number of cyclic esters (lactones) is 1. The second-order valence-corrected chi connectivity index (χ2v) is 27.9. The van der Waals surface area contributed by atoms with E-state index in [1.54, 1.807) is 68.4 Å². The molecule has 21 heteroatoms. The highest BCUT2D eigenvalue weighted by Crippen LogP contribution is 2.70. The lowest BCUT2D eigenvalue weighted by Crippen LogP contribution is -2.69. The lowest BCUT2D eigenvalue weighted by atomic mass is 9.45. The van der Waals surface area contributed by atoms with E-state index in [2.05, 4.69) is 10.2 Å². The molecule has 0 bridgehead atoms. The van der Waals surface area contributed by atoms with E-state index in [9.17, 15) is 44.7 Å². The summed E-state index contributed by atoms with van der Waals surface area (Å²) < 4.78 is 68.7. The topological polar surface area (TPSA) is 262 Å². The minimum atomic E-state index is -2.13. The smallest absolute Gasteiger partial charge is 0.458 e. The third-order valence-electron chi connectivity index (χ3n) is 21.9. The Labute approximate surface area is 490 Å². The number of likely N-dealkylation sites (N-methyl/N-ethyl adjacent to an activating group) is 1. The fourth-order valence-electron chi connectivity index (χ4n) is 17.1. The van der Waals surface area contributed by atoms with Crippen LogP contribution in [0.15, 0.2) is 23.8 Å². The summed E-state index contributed by atoms with van der Waals surface area (Å²) >= 11 is 0. The third-order valence-corrected chi connectivity index (χ3v) is 21.9. The van der Waals surface area contributed by atoms with Crippen molar-refractivity contribution in [1.82, 2.24) is 15.1 Å². The molecular formula is C62H100FN3O17. The molecule has 4 aliphatic heterocycles. The van der Waals surface area contributed by atoms with Crippen LogP contribution in [0.4, 0.5) is 9.18 Å². The van der Waals surface area contributed by atoms with Crippen LogP contribution in [-0.2, 0) is 52.3 Å². The summed E-state index contributed by atoms with van der Waals surface area (Å²) in [7, 11) is 5.22. The number of amides is 1. The first kappa shape index (κ1) is 65.8. The number of aliphatic hydroxyl groups excluding tert-OH is 3. The van der Waals surface area contributed by atoms with Gasteiger partial charge in [-0.25, -0.2) is 9.18 Å². The van der Waals surface area contributed by atoms with Gasteiger partial charge in [0.15, 0.2) is 41.3 Å². The van der Waals surface area contributed by atoms with Crippen molar-refractivity contribution in [2.75, 3.05) is 40.8 Å². The summed E-state index contributed by atoms with van der Waals surface area (Å²) in [6, 6.07) is -0.980. The number of hydrogen-bond donors (Lipinski definition) is 6. The third kappa shape index (κ3) is 11.4. The van der Waals surface area contributed by atoms with E-state index in [0.29, 0.717) is 37.9 Å². The number of fused-ring (bicyclic) bond motifs is 6. The highest BCUT2D eigenvalue weighted by molar-refractivity contribution is 5.93. The number of ketones is 1. The number of nitrogens with one attached hydrogen (secondary N) is 1. The van der Waals surface area contributed by atoms with Crippen LogP contribution in [0.25, 0.3) is 0 Å².